The lowest BCUT2D eigenvalue weighted by atomic mass is 9.88. The van der Waals surface area contributed by atoms with Crippen molar-refractivity contribution in [2.24, 2.45) is 5.92 Å². The lowest BCUT2D eigenvalue weighted by Crippen LogP contribution is -2.51. The van der Waals surface area contributed by atoms with Gasteiger partial charge in [0.05, 0.1) is 11.2 Å². The van der Waals surface area contributed by atoms with Crippen LogP contribution in [-0.2, 0) is 11.3 Å². The molecule has 0 bridgehead atoms. The Morgan fingerprint density at radius 1 is 1.40 bits per heavy atom. The molecule has 5 heteroatoms. The molecule has 0 aromatic carbocycles. The van der Waals surface area contributed by atoms with Crippen molar-refractivity contribution in [1.29, 1.82) is 0 Å². The number of carbonyl (C=O) groups excluding carboxylic acids is 1. The van der Waals surface area contributed by atoms with Gasteiger partial charge in [0.1, 0.15) is 0 Å². The van der Waals surface area contributed by atoms with Crippen LogP contribution in [0.15, 0.2) is 10.9 Å². The SMILES string of the molecule is CC(=O)N1CC[C@@H]2[C@H](CCCCN2Cc2cscn2)C1. The van der Waals surface area contributed by atoms with Crippen molar-refractivity contribution < 1.29 is 4.79 Å². The normalized spacial score (nSPS) is 27.9. The number of piperidine rings is 1. The van der Waals surface area contributed by atoms with Crippen LogP contribution in [-0.4, -0.2) is 46.4 Å². The predicted molar refractivity (Wildman–Crippen MR) is 80.5 cm³/mol. The van der Waals surface area contributed by atoms with Crippen LogP contribution < -0.4 is 0 Å². The van der Waals surface area contributed by atoms with E-state index in [-0.39, 0.29) is 5.91 Å². The Morgan fingerprint density at radius 3 is 3.05 bits per heavy atom. The molecular weight excluding hydrogens is 270 g/mol. The van der Waals surface area contributed by atoms with Crippen molar-refractivity contribution in [1.82, 2.24) is 14.8 Å². The topological polar surface area (TPSA) is 36.4 Å². The number of amides is 1. The number of rotatable bonds is 2. The zero-order chi connectivity index (χ0) is 13.9. The first kappa shape index (κ1) is 14.0. The molecule has 2 aliphatic heterocycles. The molecule has 1 aromatic heterocycles. The molecule has 0 radical (unpaired) electrons. The first-order valence-electron chi connectivity index (χ1n) is 7.60. The van der Waals surface area contributed by atoms with Crippen LogP contribution in [0.2, 0.25) is 0 Å². The molecule has 0 aliphatic carbocycles. The van der Waals surface area contributed by atoms with Crippen molar-refractivity contribution in [3.8, 4) is 0 Å². The van der Waals surface area contributed by atoms with Crippen molar-refractivity contribution >= 4 is 17.2 Å². The number of hydrogen-bond donors (Lipinski definition) is 0. The van der Waals surface area contributed by atoms with Gasteiger partial charge in [-0.1, -0.05) is 6.42 Å². The third-order valence-electron chi connectivity index (χ3n) is 4.73. The number of aromatic nitrogens is 1. The molecule has 0 spiro atoms. The van der Waals surface area contributed by atoms with E-state index in [1.807, 2.05) is 10.4 Å². The Hall–Kier alpha value is -0.940. The summed E-state index contributed by atoms with van der Waals surface area (Å²) in [4.78, 5) is 20.7. The molecule has 0 saturated carbocycles. The molecule has 1 amide bonds. The zero-order valence-corrected chi connectivity index (χ0v) is 12.9. The number of likely N-dealkylation sites (tertiary alicyclic amines) is 2. The fourth-order valence-corrected chi connectivity index (χ4v) is 4.23. The quantitative estimate of drug-likeness (QED) is 0.840. The summed E-state index contributed by atoms with van der Waals surface area (Å²) in [5, 5.41) is 2.16. The Labute approximate surface area is 124 Å². The number of fused-ring (bicyclic) bond motifs is 1. The maximum atomic E-state index is 11.6. The minimum absolute atomic E-state index is 0.235. The fourth-order valence-electron chi connectivity index (χ4n) is 3.68. The second-order valence-electron chi connectivity index (χ2n) is 6.03. The van der Waals surface area contributed by atoms with Gasteiger partial charge in [-0.15, -0.1) is 11.3 Å². The highest BCUT2D eigenvalue weighted by atomic mass is 32.1. The second-order valence-corrected chi connectivity index (χ2v) is 6.75. The molecule has 4 nitrogen and oxygen atoms in total. The van der Waals surface area contributed by atoms with E-state index in [0.717, 1.165) is 26.1 Å². The van der Waals surface area contributed by atoms with Gasteiger partial charge >= 0.3 is 0 Å². The average molecular weight is 293 g/mol. The highest BCUT2D eigenvalue weighted by molar-refractivity contribution is 7.07. The molecule has 0 N–H and O–H groups in total. The molecule has 3 heterocycles. The lowest BCUT2D eigenvalue weighted by Gasteiger charge is -2.42. The van der Waals surface area contributed by atoms with Crippen molar-refractivity contribution in [3.05, 3.63) is 16.6 Å². The Bertz CT molecular complexity index is 448. The second kappa shape index (κ2) is 6.22. The molecule has 20 heavy (non-hydrogen) atoms. The number of carbonyl (C=O) groups is 1. The molecule has 110 valence electrons. The van der Waals surface area contributed by atoms with Crippen molar-refractivity contribution in [2.75, 3.05) is 19.6 Å². The van der Waals surface area contributed by atoms with Crippen molar-refractivity contribution in [2.45, 2.75) is 45.2 Å². The number of hydrogen-bond acceptors (Lipinski definition) is 4. The summed E-state index contributed by atoms with van der Waals surface area (Å²) in [6, 6.07) is 0.634. The first-order valence-corrected chi connectivity index (χ1v) is 8.55. The van der Waals surface area contributed by atoms with E-state index >= 15 is 0 Å². The molecule has 2 fully saturated rings. The molecule has 2 aliphatic rings. The maximum Gasteiger partial charge on any atom is 0.219 e. The van der Waals surface area contributed by atoms with E-state index in [2.05, 4.69) is 15.3 Å². The van der Waals surface area contributed by atoms with Crippen LogP contribution in [0.4, 0.5) is 0 Å². The van der Waals surface area contributed by atoms with E-state index in [1.54, 1.807) is 18.3 Å². The average Bonchev–Trinajstić information content (AvgIpc) is 2.87. The van der Waals surface area contributed by atoms with Gasteiger partial charge in [-0.3, -0.25) is 9.69 Å². The zero-order valence-electron chi connectivity index (χ0n) is 12.1. The third-order valence-corrected chi connectivity index (χ3v) is 5.36. The lowest BCUT2D eigenvalue weighted by molar-refractivity contribution is -0.131. The number of nitrogens with zero attached hydrogens (tertiary/aromatic N) is 3. The summed E-state index contributed by atoms with van der Waals surface area (Å²) in [5.41, 5.74) is 3.12. The van der Waals surface area contributed by atoms with Crippen LogP contribution in [0.5, 0.6) is 0 Å². The summed E-state index contributed by atoms with van der Waals surface area (Å²) in [6.07, 6.45) is 4.95. The summed E-state index contributed by atoms with van der Waals surface area (Å²) in [5.74, 6) is 0.882. The Balaban J connectivity index is 1.70. The smallest absolute Gasteiger partial charge is 0.219 e. The molecule has 3 rings (SSSR count). The first-order chi connectivity index (χ1) is 9.74. The van der Waals surface area contributed by atoms with Gasteiger partial charge in [0.25, 0.3) is 0 Å². The summed E-state index contributed by atoms with van der Waals surface area (Å²) in [7, 11) is 0. The standard InChI is InChI=1S/C15H23N3OS/c1-12(19)17-7-5-15-13(8-17)4-2-3-6-18(15)9-14-10-20-11-16-14/h10-11,13,15H,2-9H2,1H3/t13-,15-/m1/s1. The van der Waals surface area contributed by atoms with Crippen molar-refractivity contribution in [3.63, 3.8) is 0 Å². The van der Waals surface area contributed by atoms with Crippen LogP contribution in [0.25, 0.3) is 0 Å². The fraction of sp³-hybridized carbons (Fsp3) is 0.733. The van der Waals surface area contributed by atoms with E-state index in [9.17, 15) is 4.79 Å². The van der Waals surface area contributed by atoms with Gasteiger partial charge < -0.3 is 4.90 Å². The van der Waals surface area contributed by atoms with Crippen LogP contribution in [0.1, 0.15) is 38.3 Å². The molecule has 2 atom stereocenters. The van der Waals surface area contributed by atoms with Gasteiger partial charge in [-0.05, 0) is 31.7 Å². The van der Waals surface area contributed by atoms with Gasteiger partial charge in [0.15, 0.2) is 0 Å². The monoisotopic (exact) mass is 293 g/mol. The minimum Gasteiger partial charge on any atom is -0.343 e. The van der Waals surface area contributed by atoms with Gasteiger partial charge in [0, 0.05) is 38.0 Å². The van der Waals surface area contributed by atoms with E-state index in [0.29, 0.717) is 12.0 Å². The molecule has 1 aromatic rings. The minimum atomic E-state index is 0.235. The van der Waals surface area contributed by atoms with E-state index < -0.39 is 0 Å². The van der Waals surface area contributed by atoms with E-state index in [4.69, 9.17) is 0 Å². The maximum absolute atomic E-state index is 11.6. The molecule has 0 unspecified atom stereocenters. The highest BCUT2D eigenvalue weighted by Crippen LogP contribution is 2.30. The highest BCUT2D eigenvalue weighted by Gasteiger charge is 2.35. The number of thiazole rings is 1. The Kier molecular flexibility index (Phi) is 4.36. The van der Waals surface area contributed by atoms with Crippen LogP contribution in [0, 0.1) is 5.92 Å². The summed E-state index contributed by atoms with van der Waals surface area (Å²) < 4.78 is 0. The van der Waals surface area contributed by atoms with E-state index in [1.165, 1.54) is 31.5 Å². The summed E-state index contributed by atoms with van der Waals surface area (Å²) >= 11 is 1.68. The molecular formula is C15H23N3OS. The van der Waals surface area contributed by atoms with Gasteiger partial charge in [0.2, 0.25) is 5.91 Å². The Morgan fingerprint density at radius 2 is 2.30 bits per heavy atom. The van der Waals surface area contributed by atoms with Gasteiger partial charge in [-0.2, -0.15) is 0 Å². The van der Waals surface area contributed by atoms with Crippen LogP contribution in [0.3, 0.4) is 0 Å². The summed E-state index contributed by atoms with van der Waals surface area (Å²) in [6.45, 7) is 5.73. The molecule has 2 saturated heterocycles. The predicted octanol–water partition coefficient (Wildman–Crippen LogP) is 2.37. The van der Waals surface area contributed by atoms with Crippen LogP contribution >= 0.6 is 11.3 Å². The van der Waals surface area contributed by atoms with Gasteiger partial charge in [-0.25, -0.2) is 4.98 Å². The largest absolute Gasteiger partial charge is 0.343 e. The third kappa shape index (κ3) is 3.04.